The van der Waals surface area contributed by atoms with Gasteiger partial charge in [-0.15, -0.1) is 0 Å². The number of fused-ring (bicyclic) bond motifs is 1. The highest BCUT2D eigenvalue weighted by atomic mass is 19.1. The second-order valence-corrected chi connectivity index (χ2v) is 5.22. The van der Waals surface area contributed by atoms with E-state index in [0.29, 0.717) is 18.9 Å². The van der Waals surface area contributed by atoms with E-state index in [4.69, 9.17) is 10.5 Å². The fourth-order valence-corrected chi connectivity index (χ4v) is 2.69. The number of halogens is 1. The number of hydrogen-bond acceptors (Lipinski definition) is 2. The molecular weight excluding hydrogens is 279 g/mol. The summed E-state index contributed by atoms with van der Waals surface area (Å²) in [5, 5.41) is 1.16. The molecule has 0 spiro atoms. The van der Waals surface area contributed by atoms with Crippen molar-refractivity contribution < 1.29 is 9.13 Å². The van der Waals surface area contributed by atoms with Crippen molar-refractivity contribution in [2.45, 2.75) is 26.6 Å². The van der Waals surface area contributed by atoms with Crippen LogP contribution in [0.1, 0.15) is 18.2 Å². The van der Waals surface area contributed by atoms with Crippen molar-refractivity contribution in [3.63, 3.8) is 0 Å². The maximum Gasteiger partial charge on any atom is 0.128 e. The third-order valence-electron chi connectivity index (χ3n) is 3.79. The molecule has 2 aromatic carbocycles. The molecular formula is C18H19FN2O. The quantitative estimate of drug-likeness (QED) is 0.777. The first-order valence-electron chi connectivity index (χ1n) is 7.40. The monoisotopic (exact) mass is 298 g/mol. The normalized spacial score (nSPS) is 11.0. The Morgan fingerprint density at radius 3 is 2.73 bits per heavy atom. The Kier molecular flexibility index (Phi) is 4.11. The lowest BCUT2D eigenvalue weighted by Gasteiger charge is -2.10. The summed E-state index contributed by atoms with van der Waals surface area (Å²) in [5.74, 6) is 0.247. The van der Waals surface area contributed by atoms with Crippen molar-refractivity contribution in [3.8, 4) is 5.75 Å². The molecule has 114 valence electrons. The topological polar surface area (TPSA) is 40.2 Å². The van der Waals surface area contributed by atoms with E-state index in [1.807, 2.05) is 6.07 Å². The highest BCUT2D eigenvalue weighted by Gasteiger charge is 2.09. The zero-order valence-corrected chi connectivity index (χ0v) is 12.6. The molecule has 2 N–H and O–H groups in total. The van der Waals surface area contributed by atoms with Crippen LogP contribution in [-0.2, 0) is 19.7 Å². The second kappa shape index (κ2) is 6.20. The van der Waals surface area contributed by atoms with E-state index in [1.165, 1.54) is 12.1 Å². The van der Waals surface area contributed by atoms with Crippen LogP contribution in [0.5, 0.6) is 5.75 Å². The number of ether oxygens (including phenoxy) is 1. The molecule has 3 aromatic rings. The minimum atomic E-state index is -0.291. The van der Waals surface area contributed by atoms with Crippen molar-refractivity contribution >= 4 is 10.9 Å². The number of benzene rings is 2. The van der Waals surface area contributed by atoms with Gasteiger partial charge < -0.3 is 15.0 Å². The number of hydrogen-bond donors (Lipinski definition) is 1. The summed E-state index contributed by atoms with van der Waals surface area (Å²) in [4.78, 5) is 0. The van der Waals surface area contributed by atoms with Crippen LogP contribution in [0.15, 0.2) is 48.5 Å². The molecule has 1 aromatic heterocycles. The summed E-state index contributed by atoms with van der Waals surface area (Å²) in [5.41, 5.74) is 9.05. The van der Waals surface area contributed by atoms with Gasteiger partial charge in [-0.3, -0.25) is 0 Å². The van der Waals surface area contributed by atoms with E-state index in [2.05, 4.69) is 29.7 Å². The highest BCUT2D eigenvalue weighted by Crippen LogP contribution is 2.23. The van der Waals surface area contributed by atoms with Crippen molar-refractivity contribution in [2.75, 3.05) is 0 Å². The van der Waals surface area contributed by atoms with Crippen LogP contribution < -0.4 is 10.5 Å². The smallest absolute Gasteiger partial charge is 0.128 e. The maximum atomic E-state index is 13.2. The molecule has 0 bridgehead atoms. The van der Waals surface area contributed by atoms with Crippen LogP contribution in [0.2, 0.25) is 0 Å². The van der Waals surface area contributed by atoms with Crippen LogP contribution in [0.25, 0.3) is 10.9 Å². The molecule has 0 saturated carbocycles. The maximum absolute atomic E-state index is 13.2. The Bertz CT molecular complexity index is 795. The van der Waals surface area contributed by atoms with E-state index < -0.39 is 0 Å². The molecule has 0 saturated heterocycles. The number of nitrogens with zero attached hydrogens (tertiary/aromatic N) is 1. The molecule has 3 nitrogen and oxygen atoms in total. The van der Waals surface area contributed by atoms with E-state index in [9.17, 15) is 4.39 Å². The standard InChI is InChI=1S/C18H19FN2O/c1-2-21-16(12-22-17-5-3-4-15(19)10-17)9-14-7-6-13(11-20)8-18(14)21/h3-10H,2,11-12,20H2,1H3. The Balaban J connectivity index is 1.90. The highest BCUT2D eigenvalue weighted by molar-refractivity contribution is 5.82. The summed E-state index contributed by atoms with van der Waals surface area (Å²) >= 11 is 0. The molecule has 4 heteroatoms. The predicted octanol–water partition coefficient (Wildman–Crippen LogP) is 3.84. The van der Waals surface area contributed by atoms with Gasteiger partial charge in [0.1, 0.15) is 18.2 Å². The molecule has 3 rings (SSSR count). The van der Waals surface area contributed by atoms with Crippen LogP contribution in [-0.4, -0.2) is 4.57 Å². The zero-order chi connectivity index (χ0) is 15.5. The molecule has 0 atom stereocenters. The Hall–Kier alpha value is -2.33. The third kappa shape index (κ3) is 2.83. The minimum Gasteiger partial charge on any atom is -0.487 e. The van der Waals surface area contributed by atoms with Gasteiger partial charge in [-0.2, -0.15) is 0 Å². The van der Waals surface area contributed by atoms with Gasteiger partial charge >= 0.3 is 0 Å². The first-order valence-corrected chi connectivity index (χ1v) is 7.40. The average molecular weight is 298 g/mol. The predicted molar refractivity (Wildman–Crippen MR) is 86.2 cm³/mol. The van der Waals surface area contributed by atoms with Crippen LogP contribution in [0, 0.1) is 5.82 Å². The van der Waals surface area contributed by atoms with Gasteiger partial charge in [-0.05, 0) is 36.8 Å². The molecule has 0 amide bonds. The molecule has 0 radical (unpaired) electrons. The fraction of sp³-hybridized carbons (Fsp3) is 0.222. The zero-order valence-electron chi connectivity index (χ0n) is 12.6. The van der Waals surface area contributed by atoms with Gasteiger partial charge in [0, 0.05) is 30.1 Å². The summed E-state index contributed by atoms with van der Waals surface area (Å²) in [6, 6.07) is 14.6. The molecule has 22 heavy (non-hydrogen) atoms. The lowest BCUT2D eigenvalue weighted by Crippen LogP contribution is -2.05. The van der Waals surface area contributed by atoms with Crippen molar-refractivity contribution in [3.05, 3.63) is 65.6 Å². The summed E-state index contributed by atoms with van der Waals surface area (Å²) in [7, 11) is 0. The lowest BCUT2D eigenvalue weighted by atomic mass is 10.1. The van der Waals surface area contributed by atoms with Gasteiger partial charge in [0.05, 0.1) is 5.69 Å². The number of nitrogens with two attached hydrogens (primary N) is 1. The summed E-state index contributed by atoms with van der Waals surface area (Å²) in [6.07, 6.45) is 0. The second-order valence-electron chi connectivity index (χ2n) is 5.22. The average Bonchev–Trinajstić information content (AvgIpc) is 2.89. The first-order chi connectivity index (χ1) is 10.7. The Labute approximate surface area is 129 Å². The minimum absolute atomic E-state index is 0.291. The van der Waals surface area contributed by atoms with Gasteiger partial charge in [0.25, 0.3) is 0 Å². The van der Waals surface area contributed by atoms with Crippen molar-refractivity contribution in [1.29, 1.82) is 0 Å². The largest absolute Gasteiger partial charge is 0.487 e. The molecule has 0 fully saturated rings. The number of rotatable bonds is 5. The molecule has 0 aliphatic rings. The first kappa shape index (κ1) is 14.6. The number of aryl methyl sites for hydroxylation is 1. The van der Waals surface area contributed by atoms with Crippen molar-refractivity contribution in [2.24, 2.45) is 5.73 Å². The van der Waals surface area contributed by atoms with E-state index in [1.54, 1.807) is 12.1 Å². The summed E-state index contributed by atoms with van der Waals surface area (Å²) < 4.78 is 21.1. The van der Waals surface area contributed by atoms with Gasteiger partial charge in [0.15, 0.2) is 0 Å². The van der Waals surface area contributed by atoms with Crippen LogP contribution >= 0.6 is 0 Å². The SMILES string of the molecule is CCn1c(COc2cccc(F)c2)cc2ccc(CN)cc21. The van der Waals surface area contributed by atoms with Gasteiger partial charge in [-0.1, -0.05) is 18.2 Å². The van der Waals surface area contributed by atoms with Crippen LogP contribution in [0.4, 0.5) is 4.39 Å². The van der Waals surface area contributed by atoms with Gasteiger partial charge in [0.2, 0.25) is 0 Å². The van der Waals surface area contributed by atoms with E-state index in [0.717, 1.165) is 28.7 Å². The van der Waals surface area contributed by atoms with E-state index >= 15 is 0 Å². The van der Waals surface area contributed by atoms with E-state index in [-0.39, 0.29) is 5.82 Å². The van der Waals surface area contributed by atoms with Crippen LogP contribution in [0.3, 0.4) is 0 Å². The Morgan fingerprint density at radius 2 is 2.00 bits per heavy atom. The number of aromatic nitrogens is 1. The molecule has 0 unspecified atom stereocenters. The summed E-state index contributed by atoms with van der Waals surface area (Å²) in [6.45, 7) is 3.88. The van der Waals surface area contributed by atoms with Crippen molar-refractivity contribution in [1.82, 2.24) is 4.57 Å². The molecule has 0 aliphatic carbocycles. The fourth-order valence-electron chi connectivity index (χ4n) is 2.69. The Morgan fingerprint density at radius 1 is 1.14 bits per heavy atom. The lowest BCUT2D eigenvalue weighted by molar-refractivity contribution is 0.294. The molecule has 0 aliphatic heterocycles. The molecule has 1 heterocycles. The third-order valence-corrected chi connectivity index (χ3v) is 3.79. The van der Waals surface area contributed by atoms with Gasteiger partial charge in [-0.25, -0.2) is 4.39 Å².